The third-order valence-corrected chi connectivity index (χ3v) is 4.21. The molecule has 3 aromatic rings. The van der Waals surface area contributed by atoms with Crippen LogP contribution in [0.2, 0.25) is 5.02 Å². The second-order valence-electron chi connectivity index (χ2n) is 5.53. The van der Waals surface area contributed by atoms with Crippen molar-refractivity contribution in [1.82, 2.24) is 0 Å². The fourth-order valence-electron chi connectivity index (χ4n) is 2.54. The van der Waals surface area contributed by atoms with Crippen molar-refractivity contribution in [3.63, 3.8) is 0 Å². The molecular formula is C21H16ClNO4. The van der Waals surface area contributed by atoms with E-state index in [0.29, 0.717) is 11.3 Å². The SMILES string of the molecule is COC(=O)c1ccc(-c2ccccc2)c(Cl)c1NC(=O)Oc1ccccc1. The van der Waals surface area contributed by atoms with Crippen LogP contribution in [0.25, 0.3) is 11.1 Å². The highest BCUT2D eigenvalue weighted by Gasteiger charge is 2.21. The summed E-state index contributed by atoms with van der Waals surface area (Å²) in [6.45, 7) is 0. The Kier molecular flexibility index (Phi) is 5.74. The average Bonchev–Trinajstić information content (AvgIpc) is 2.70. The first kappa shape index (κ1) is 18.5. The number of rotatable bonds is 4. The molecule has 27 heavy (non-hydrogen) atoms. The summed E-state index contributed by atoms with van der Waals surface area (Å²) in [5.74, 6) is -0.253. The number of esters is 1. The Bertz CT molecular complexity index is 959. The number of carbonyl (C=O) groups is 2. The van der Waals surface area contributed by atoms with Crippen LogP contribution in [-0.2, 0) is 4.74 Å². The number of halogens is 1. The van der Waals surface area contributed by atoms with Crippen molar-refractivity contribution in [2.45, 2.75) is 0 Å². The minimum absolute atomic E-state index is 0.130. The van der Waals surface area contributed by atoms with Gasteiger partial charge in [0.25, 0.3) is 0 Å². The third-order valence-electron chi connectivity index (χ3n) is 3.81. The maximum atomic E-state index is 12.3. The zero-order valence-corrected chi connectivity index (χ0v) is 15.2. The summed E-state index contributed by atoms with van der Waals surface area (Å²) in [5.41, 5.74) is 1.77. The van der Waals surface area contributed by atoms with E-state index in [1.807, 2.05) is 30.3 Å². The number of nitrogens with one attached hydrogen (secondary N) is 1. The molecule has 0 radical (unpaired) electrons. The van der Waals surface area contributed by atoms with E-state index < -0.39 is 12.1 Å². The molecule has 1 N–H and O–H groups in total. The number of ether oxygens (including phenoxy) is 2. The zero-order chi connectivity index (χ0) is 19.2. The lowest BCUT2D eigenvalue weighted by Gasteiger charge is -2.15. The largest absolute Gasteiger partial charge is 0.465 e. The zero-order valence-electron chi connectivity index (χ0n) is 14.4. The van der Waals surface area contributed by atoms with Crippen LogP contribution in [0.1, 0.15) is 10.4 Å². The second-order valence-corrected chi connectivity index (χ2v) is 5.91. The van der Waals surface area contributed by atoms with E-state index in [1.165, 1.54) is 7.11 Å². The van der Waals surface area contributed by atoms with Crippen LogP contribution in [0.4, 0.5) is 10.5 Å². The highest BCUT2D eigenvalue weighted by atomic mass is 35.5. The predicted molar refractivity (Wildman–Crippen MR) is 104 cm³/mol. The Morgan fingerprint density at radius 1 is 0.889 bits per heavy atom. The van der Waals surface area contributed by atoms with E-state index in [0.717, 1.165) is 5.56 Å². The van der Waals surface area contributed by atoms with Gasteiger partial charge in [-0.2, -0.15) is 0 Å². The van der Waals surface area contributed by atoms with Crippen LogP contribution in [0.3, 0.4) is 0 Å². The normalized spacial score (nSPS) is 10.1. The molecule has 0 bridgehead atoms. The van der Waals surface area contributed by atoms with Crippen molar-refractivity contribution in [3.05, 3.63) is 83.4 Å². The lowest BCUT2D eigenvalue weighted by molar-refractivity contribution is 0.0602. The third kappa shape index (κ3) is 4.27. The summed E-state index contributed by atoms with van der Waals surface area (Å²) in [6.07, 6.45) is -0.765. The Morgan fingerprint density at radius 3 is 2.15 bits per heavy atom. The summed E-state index contributed by atoms with van der Waals surface area (Å²) >= 11 is 6.52. The van der Waals surface area contributed by atoms with Gasteiger partial charge in [0.1, 0.15) is 5.75 Å². The van der Waals surface area contributed by atoms with Crippen molar-refractivity contribution in [1.29, 1.82) is 0 Å². The topological polar surface area (TPSA) is 64.6 Å². The molecular weight excluding hydrogens is 366 g/mol. The minimum atomic E-state index is -0.765. The molecule has 6 heteroatoms. The molecule has 0 aliphatic carbocycles. The number of benzene rings is 3. The molecule has 136 valence electrons. The molecule has 5 nitrogen and oxygen atoms in total. The van der Waals surface area contributed by atoms with Crippen molar-refractivity contribution >= 4 is 29.4 Å². The van der Waals surface area contributed by atoms with Gasteiger partial charge in [-0.25, -0.2) is 9.59 Å². The molecule has 0 spiro atoms. The van der Waals surface area contributed by atoms with Gasteiger partial charge in [-0.05, 0) is 23.8 Å². The van der Waals surface area contributed by atoms with E-state index in [-0.39, 0.29) is 16.3 Å². The number of hydrogen-bond donors (Lipinski definition) is 1. The molecule has 0 aliphatic rings. The average molecular weight is 382 g/mol. The first-order valence-electron chi connectivity index (χ1n) is 8.10. The van der Waals surface area contributed by atoms with Crippen LogP contribution >= 0.6 is 11.6 Å². The van der Waals surface area contributed by atoms with Crippen LogP contribution in [0.5, 0.6) is 5.75 Å². The molecule has 0 unspecified atom stereocenters. The summed E-state index contributed by atoms with van der Waals surface area (Å²) < 4.78 is 10.0. The van der Waals surface area contributed by atoms with Gasteiger partial charge in [0.2, 0.25) is 0 Å². The Labute approximate surface area is 161 Å². The number of carbonyl (C=O) groups excluding carboxylic acids is 2. The van der Waals surface area contributed by atoms with Crippen molar-refractivity contribution in [3.8, 4) is 16.9 Å². The molecule has 0 saturated heterocycles. The number of hydrogen-bond acceptors (Lipinski definition) is 4. The van der Waals surface area contributed by atoms with Crippen molar-refractivity contribution in [2.24, 2.45) is 0 Å². The molecule has 0 saturated carbocycles. The van der Waals surface area contributed by atoms with E-state index >= 15 is 0 Å². The van der Waals surface area contributed by atoms with Gasteiger partial charge in [-0.15, -0.1) is 0 Å². The Balaban J connectivity index is 1.97. The minimum Gasteiger partial charge on any atom is -0.465 e. The number of amides is 1. The number of anilines is 1. The number of para-hydroxylation sites is 1. The van der Waals surface area contributed by atoms with Gasteiger partial charge in [-0.1, -0.05) is 66.2 Å². The van der Waals surface area contributed by atoms with Crippen LogP contribution < -0.4 is 10.1 Å². The summed E-state index contributed by atoms with van der Waals surface area (Å²) in [4.78, 5) is 24.4. The quantitative estimate of drug-likeness (QED) is 0.614. The number of methoxy groups -OCH3 is 1. The second kappa shape index (κ2) is 8.38. The summed E-state index contributed by atoms with van der Waals surface area (Å²) in [7, 11) is 1.26. The van der Waals surface area contributed by atoms with Gasteiger partial charge in [0.05, 0.1) is 23.4 Å². The lowest BCUT2D eigenvalue weighted by Crippen LogP contribution is -2.19. The molecule has 0 heterocycles. The maximum absolute atomic E-state index is 12.3. The van der Waals surface area contributed by atoms with E-state index in [9.17, 15) is 9.59 Å². The van der Waals surface area contributed by atoms with Gasteiger partial charge in [-0.3, -0.25) is 5.32 Å². The first-order chi connectivity index (χ1) is 13.1. The van der Waals surface area contributed by atoms with E-state index in [2.05, 4.69) is 5.32 Å². The van der Waals surface area contributed by atoms with Crippen molar-refractivity contribution < 1.29 is 19.1 Å². The van der Waals surface area contributed by atoms with E-state index in [4.69, 9.17) is 21.1 Å². The predicted octanol–water partition coefficient (Wildman–Crippen LogP) is 5.40. The fraction of sp³-hybridized carbons (Fsp3) is 0.0476. The molecule has 0 atom stereocenters. The maximum Gasteiger partial charge on any atom is 0.417 e. The standard InChI is InChI=1S/C21H16ClNO4/c1-26-20(24)17-13-12-16(14-8-4-2-5-9-14)18(22)19(17)23-21(25)27-15-10-6-3-7-11-15/h2-13H,1H3,(H,23,25). The Morgan fingerprint density at radius 2 is 1.52 bits per heavy atom. The van der Waals surface area contributed by atoms with E-state index in [1.54, 1.807) is 42.5 Å². The Hall–Kier alpha value is -3.31. The van der Waals surface area contributed by atoms with Gasteiger partial charge in [0, 0.05) is 5.56 Å². The molecule has 0 fully saturated rings. The summed E-state index contributed by atoms with van der Waals surface area (Å²) in [6, 6.07) is 21.2. The summed E-state index contributed by atoms with van der Waals surface area (Å²) in [5, 5.41) is 2.78. The lowest BCUT2D eigenvalue weighted by atomic mass is 10.0. The van der Waals surface area contributed by atoms with Crippen LogP contribution in [0, 0.1) is 0 Å². The highest BCUT2D eigenvalue weighted by molar-refractivity contribution is 6.37. The monoisotopic (exact) mass is 381 g/mol. The fourth-order valence-corrected chi connectivity index (χ4v) is 2.86. The molecule has 1 amide bonds. The molecule has 0 aliphatic heterocycles. The van der Waals surface area contributed by atoms with Gasteiger partial charge < -0.3 is 9.47 Å². The van der Waals surface area contributed by atoms with Crippen molar-refractivity contribution in [2.75, 3.05) is 12.4 Å². The van der Waals surface area contributed by atoms with Gasteiger partial charge in [0.15, 0.2) is 0 Å². The molecule has 0 aromatic heterocycles. The van der Waals surface area contributed by atoms with Gasteiger partial charge >= 0.3 is 12.1 Å². The molecule has 3 aromatic carbocycles. The molecule has 3 rings (SSSR count). The first-order valence-corrected chi connectivity index (χ1v) is 8.48. The van der Waals surface area contributed by atoms with Crippen LogP contribution in [0.15, 0.2) is 72.8 Å². The van der Waals surface area contributed by atoms with Crippen LogP contribution in [-0.4, -0.2) is 19.2 Å². The smallest absolute Gasteiger partial charge is 0.417 e. The highest BCUT2D eigenvalue weighted by Crippen LogP contribution is 2.36.